The molecule has 0 aliphatic heterocycles. The molecule has 0 amide bonds. The predicted octanol–water partition coefficient (Wildman–Crippen LogP) is 2.93. The Hall–Kier alpha value is -2.27. The number of rotatable bonds is 5. The van der Waals surface area contributed by atoms with Crippen molar-refractivity contribution in [1.82, 2.24) is 5.32 Å². The van der Waals surface area contributed by atoms with E-state index in [4.69, 9.17) is 9.15 Å². The Morgan fingerprint density at radius 1 is 1.43 bits per heavy atom. The van der Waals surface area contributed by atoms with Crippen molar-refractivity contribution >= 4 is 5.97 Å². The van der Waals surface area contributed by atoms with E-state index in [1.165, 1.54) is 7.11 Å². The van der Waals surface area contributed by atoms with Gasteiger partial charge in [-0.25, -0.2) is 4.79 Å². The number of phenolic OH excluding ortho intramolecular Hbond substituents is 1. The number of esters is 1. The summed E-state index contributed by atoms with van der Waals surface area (Å²) in [5.41, 5.74) is 1.42. The number of phenols is 1. The van der Waals surface area contributed by atoms with Crippen LogP contribution in [0.4, 0.5) is 0 Å². The van der Waals surface area contributed by atoms with Crippen LogP contribution in [0.1, 0.15) is 40.4 Å². The second-order valence-corrected chi connectivity index (χ2v) is 4.87. The van der Waals surface area contributed by atoms with Crippen LogP contribution in [0, 0.1) is 6.92 Å². The quantitative estimate of drug-likeness (QED) is 0.828. The van der Waals surface area contributed by atoms with Gasteiger partial charge in [-0.05, 0) is 37.6 Å². The van der Waals surface area contributed by atoms with Crippen molar-refractivity contribution in [3.8, 4) is 5.75 Å². The van der Waals surface area contributed by atoms with Gasteiger partial charge < -0.3 is 19.6 Å². The first-order valence-corrected chi connectivity index (χ1v) is 6.71. The summed E-state index contributed by atoms with van der Waals surface area (Å²) in [6.45, 7) is 4.20. The minimum Gasteiger partial charge on any atom is -0.508 e. The zero-order chi connectivity index (χ0) is 15.4. The van der Waals surface area contributed by atoms with E-state index >= 15 is 0 Å². The number of furan rings is 1. The molecule has 0 radical (unpaired) electrons. The molecule has 1 aromatic heterocycles. The summed E-state index contributed by atoms with van der Waals surface area (Å²) >= 11 is 0. The van der Waals surface area contributed by atoms with Gasteiger partial charge in [-0.2, -0.15) is 0 Å². The molecule has 1 unspecified atom stereocenters. The van der Waals surface area contributed by atoms with E-state index < -0.39 is 5.97 Å². The topological polar surface area (TPSA) is 71.7 Å². The second-order valence-electron chi connectivity index (χ2n) is 4.87. The van der Waals surface area contributed by atoms with Crippen molar-refractivity contribution in [2.75, 3.05) is 7.11 Å². The van der Waals surface area contributed by atoms with Crippen molar-refractivity contribution in [3.63, 3.8) is 0 Å². The smallest absolute Gasteiger partial charge is 0.341 e. The van der Waals surface area contributed by atoms with E-state index in [1.54, 1.807) is 31.2 Å². The molecule has 5 nitrogen and oxygen atoms in total. The highest BCUT2D eigenvalue weighted by Gasteiger charge is 2.15. The summed E-state index contributed by atoms with van der Waals surface area (Å²) in [7, 11) is 1.34. The van der Waals surface area contributed by atoms with Crippen molar-refractivity contribution < 1.29 is 19.1 Å². The van der Waals surface area contributed by atoms with E-state index in [9.17, 15) is 9.90 Å². The number of nitrogens with one attached hydrogen (secondary N) is 1. The molecule has 1 aromatic carbocycles. The number of hydrogen-bond donors (Lipinski definition) is 2. The SMILES string of the molecule is COC(=O)c1cc(CNC(C)c2cccc(O)c2)oc1C. The minimum absolute atomic E-state index is 0.0454. The first-order chi connectivity index (χ1) is 10.0. The fraction of sp³-hybridized carbons (Fsp3) is 0.312. The molecular weight excluding hydrogens is 270 g/mol. The maximum Gasteiger partial charge on any atom is 0.341 e. The number of aromatic hydroxyl groups is 1. The molecule has 0 aliphatic rings. The highest BCUT2D eigenvalue weighted by Crippen LogP contribution is 2.20. The first kappa shape index (κ1) is 15.1. The molecule has 0 spiro atoms. The summed E-state index contributed by atoms with van der Waals surface area (Å²) in [5, 5.41) is 12.8. The molecule has 2 aromatic rings. The van der Waals surface area contributed by atoms with E-state index in [-0.39, 0.29) is 11.8 Å². The maximum atomic E-state index is 11.5. The van der Waals surface area contributed by atoms with Crippen LogP contribution in [-0.2, 0) is 11.3 Å². The van der Waals surface area contributed by atoms with Gasteiger partial charge in [-0.15, -0.1) is 0 Å². The van der Waals surface area contributed by atoms with Crippen LogP contribution in [0.5, 0.6) is 5.75 Å². The highest BCUT2D eigenvalue weighted by atomic mass is 16.5. The molecule has 1 atom stereocenters. The fourth-order valence-corrected chi connectivity index (χ4v) is 2.11. The van der Waals surface area contributed by atoms with E-state index in [1.807, 2.05) is 13.0 Å². The van der Waals surface area contributed by atoms with Crippen LogP contribution in [0.2, 0.25) is 0 Å². The molecule has 112 valence electrons. The summed E-state index contributed by atoms with van der Waals surface area (Å²) < 4.78 is 10.2. The van der Waals surface area contributed by atoms with Gasteiger partial charge in [0.15, 0.2) is 0 Å². The van der Waals surface area contributed by atoms with Gasteiger partial charge in [0, 0.05) is 6.04 Å². The Morgan fingerprint density at radius 3 is 2.86 bits per heavy atom. The standard InChI is InChI=1S/C16H19NO4/c1-10(12-5-4-6-13(18)7-12)17-9-14-8-15(11(2)21-14)16(19)20-3/h4-8,10,17-18H,9H2,1-3H3. The summed E-state index contributed by atoms with van der Waals surface area (Å²) in [4.78, 5) is 11.5. The number of ether oxygens (including phenoxy) is 1. The van der Waals surface area contributed by atoms with Gasteiger partial charge in [-0.1, -0.05) is 12.1 Å². The van der Waals surface area contributed by atoms with Crippen LogP contribution in [-0.4, -0.2) is 18.2 Å². The van der Waals surface area contributed by atoms with Gasteiger partial charge >= 0.3 is 5.97 Å². The third-order valence-corrected chi connectivity index (χ3v) is 3.33. The minimum atomic E-state index is -0.400. The Kier molecular flexibility index (Phi) is 4.65. The average molecular weight is 289 g/mol. The van der Waals surface area contributed by atoms with Crippen molar-refractivity contribution in [2.45, 2.75) is 26.4 Å². The van der Waals surface area contributed by atoms with E-state index in [0.29, 0.717) is 23.6 Å². The predicted molar refractivity (Wildman–Crippen MR) is 78.1 cm³/mol. The number of aryl methyl sites for hydroxylation is 1. The van der Waals surface area contributed by atoms with Gasteiger partial charge in [0.1, 0.15) is 22.8 Å². The first-order valence-electron chi connectivity index (χ1n) is 6.71. The third kappa shape index (κ3) is 3.64. The van der Waals surface area contributed by atoms with Crippen LogP contribution in [0.25, 0.3) is 0 Å². The Bertz CT molecular complexity index is 633. The fourth-order valence-electron chi connectivity index (χ4n) is 2.11. The zero-order valence-electron chi connectivity index (χ0n) is 12.3. The van der Waals surface area contributed by atoms with Gasteiger partial charge in [0.2, 0.25) is 0 Å². The number of benzene rings is 1. The summed E-state index contributed by atoms with van der Waals surface area (Å²) in [6, 6.07) is 8.81. The van der Waals surface area contributed by atoms with E-state index in [2.05, 4.69) is 5.32 Å². The number of carbonyl (C=O) groups is 1. The Morgan fingerprint density at radius 2 is 2.19 bits per heavy atom. The summed E-state index contributed by atoms with van der Waals surface area (Å²) in [6.07, 6.45) is 0. The molecule has 0 saturated carbocycles. The lowest BCUT2D eigenvalue weighted by Gasteiger charge is -2.13. The lowest BCUT2D eigenvalue weighted by molar-refractivity contribution is 0.0599. The van der Waals surface area contributed by atoms with Crippen LogP contribution >= 0.6 is 0 Å². The largest absolute Gasteiger partial charge is 0.508 e. The van der Waals surface area contributed by atoms with Gasteiger partial charge in [0.05, 0.1) is 13.7 Å². The summed E-state index contributed by atoms with van der Waals surface area (Å²) in [5.74, 6) is 1.05. The zero-order valence-corrected chi connectivity index (χ0v) is 12.3. The Balaban J connectivity index is 2.01. The second kappa shape index (κ2) is 6.45. The van der Waals surface area contributed by atoms with Gasteiger partial charge in [-0.3, -0.25) is 0 Å². The highest BCUT2D eigenvalue weighted by molar-refractivity contribution is 5.90. The van der Waals surface area contributed by atoms with Gasteiger partial charge in [0.25, 0.3) is 0 Å². The number of methoxy groups -OCH3 is 1. The molecule has 0 bridgehead atoms. The van der Waals surface area contributed by atoms with Crippen LogP contribution < -0.4 is 5.32 Å². The molecule has 1 heterocycles. The maximum absolute atomic E-state index is 11.5. The number of carbonyl (C=O) groups excluding carboxylic acids is 1. The van der Waals surface area contributed by atoms with E-state index in [0.717, 1.165) is 5.56 Å². The van der Waals surface area contributed by atoms with Crippen LogP contribution in [0.3, 0.4) is 0 Å². The third-order valence-electron chi connectivity index (χ3n) is 3.33. The molecule has 21 heavy (non-hydrogen) atoms. The molecular formula is C16H19NO4. The average Bonchev–Trinajstić information content (AvgIpc) is 2.85. The normalized spacial score (nSPS) is 12.1. The van der Waals surface area contributed by atoms with Crippen molar-refractivity contribution in [1.29, 1.82) is 0 Å². The Labute approximate surface area is 123 Å². The number of hydrogen-bond acceptors (Lipinski definition) is 5. The molecule has 2 N–H and O–H groups in total. The van der Waals surface area contributed by atoms with Crippen molar-refractivity contribution in [2.24, 2.45) is 0 Å². The molecule has 0 aliphatic carbocycles. The lowest BCUT2D eigenvalue weighted by atomic mass is 10.1. The molecule has 0 saturated heterocycles. The lowest BCUT2D eigenvalue weighted by Crippen LogP contribution is -2.17. The molecule has 2 rings (SSSR count). The molecule has 5 heteroatoms. The monoisotopic (exact) mass is 289 g/mol. The molecule has 0 fully saturated rings. The van der Waals surface area contributed by atoms with Crippen LogP contribution in [0.15, 0.2) is 34.7 Å². The van der Waals surface area contributed by atoms with Crippen molar-refractivity contribution in [3.05, 3.63) is 53.0 Å².